The van der Waals surface area contributed by atoms with E-state index in [-0.39, 0.29) is 48.5 Å². The van der Waals surface area contributed by atoms with Crippen LogP contribution in [-0.2, 0) is 27.9 Å². The van der Waals surface area contributed by atoms with Crippen molar-refractivity contribution in [1.29, 1.82) is 5.26 Å². The molecule has 12 heteroatoms. The molecular weight excluding hydrogens is 691 g/mol. The molecule has 3 aromatic carbocycles. The third-order valence-electron chi connectivity index (χ3n) is 13.2. The number of phenolic OH excluding ortho intramolecular Hbond substituents is 1. The Hall–Kier alpha value is -4.41. The van der Waals surface area contributed by atoms with Crippen LogP contribution < -0.4 is 19.5 Å². The maximum atomic E-state index is 14.8. The number of benzene rings is 3. The number of nitrogens with one attached hydrogen (secondary N) is 2. The summed E-state index contributed by atoms with van der Waals surface area (Å²) in [5.74, 6) is 2.06. The van der Waals surface area contributed by atoms with Gasteiger partial charge in [0.1, 0.15) is 12.6 Å². The van der Waals surface area contributed by atoms with Crippen molar-refractivity contribution in [3.05, 3.63) is 80.0 Å². The van der Waals surface area contributed by atoms with Gasteiger partial charge < -0.3 is 29.0 Å². The lowest BCUT2D eigenvalue weighted by molar-refractivity contribution is -0.157. The zero-order valence-electron chi connectivity index (χ0n) is 30.8. The van der Waals surface area contributed by atoms with Crippen LogP contribution in [0.4, 0.5) is 0 Å². The standard InChI is InChI=1S/C41H43N5O6S/c1-18-7-8-25-24(11-18)23-9-10-43-41(39(23)44-25)16-53-38-29-20(3)21(4)36-37(52-17-51-36)31(29)28(15-50-40(41)48)46-27(14-42)26-13-22-12-19(2)35(49-6)34(47)30(22)32(33(38)46)45(26)5/h7-8,11-12,26-28,32-33,38,43-44,47H,9-10,13,15-17H2,1-6H3/t26-,27-,28-,32-,33+,38+,41+/m0/s1. The molecule has 7 aliphatic rings. The van der Waals surface area contributed by atoms with Gasteiger partial charge in [-0.05, 0) is 93.1 Å². The average Bonchev–Trinajstić information content (AvgIpc) is 3.78. The Kier molecular flexibility index (Phi) is 7.23. The summed E-state index contributed by atoms with van der Waals surface area (Å²) in [5, 5.41) is 27.7. The lowest BCUT2D eigenvalue weighted by Crippen LogP contribution is -2.69. The van der Waals surface area contributed by atoms with Gasteiger partial charge in [-0.1, -0.05) is 17.7 Å². The Balaban J connectivity index is 1.23. The number of H-pyrrole nitrogens is 1. The summed E-state index contributed by atoms with van der Waals surface area (Å²) in [4.78, 5) is 23.1. The fourth-order valence-electron chi connectivity index (χ4n) is 10.7. The van der Waals surface area contributed by atoms with Gasteiger partial charge in [0.2, 0.25) is 6.79 Å². The quantitative estimate of drug-likeness (QED) is 0.216. The number of aromatic hydroxyl groups is 1. The van der Waals surface area contributed by atoms with E-state index in [2.05, 4.69) is 78.3 Å². The molecular formula is C41H43N5O6S. The van der Waals surface area contributed by atoms with E-state index in [1.165, 1.54) is 5.56 Å². The fourth-order valence-corrected chi connectivity index (χ4v) is 12.5. The number of fused-ring (bicyclic) bond motifs is 11. The first-order valence-electron chi connectivity index (χ1n) is 18.5. The molecule has 8 heterocycles. The summed E-state index contributed by atoms with van der Waals surface area (Å²) in [5.41, 5.74) is 10.0. The van der Waals surface area contributed by atoms with Crippen LogP contribution in [-0.4, -0.2) is 83.8 Å². The summed E-state index contributed by atoms with van der Waals surface area (Å²) < 4.78 is 24.8. The Morgan fingerprint density at radius 2 is 1.89 bits per heavy atom. The fraction of sp³-hybridized carbons (Fsp3) is 0.463. The minimum atomic E-state index is -1.13. The molecule has 7 atom stereocenters. The molecule has 53 heavy (non-hydrogen) atoms. The van der Waals surface area contributed by atoms with Gasteiger partial charge in [-0.15, -0.1) is 11.8 Å². The van der Waals surface area contributed by atoms with E-state index in [1.54, 1.807) is 18.9 Å². The molecule has 0 radical (unpaired) electrons. The summed E-state index contributed by atoms with van der Waals surface area (Å²) >= 11 is 1.72. The van der Waals surface area contributed by atoms with Crippen LogP contribution >= 0.6 is 11.8 Å². The number of aryl methyl sites for hydroxylation is 2. The van der Waals surface area contributed by atoms with Crippen LogP contribution in [0.3, 0.4) is 0 Å². The Morgan fingerprint density at radius 3 is 2.68 bits per heavy atom. The topological polar surface area (TPSA) is 132 Å². The number of nitriles is 1. The van der Waals surface area contributed by atoms with Crippen LogP contribution in [0.1, 0.15) is 73.1 Å². The molecule has 3 N–H and O–H groups in total. The summed E-state index contributed by atoms with van der Waals surface area (Å²) in [6, 6.07) is 9.44. The molecule has 11 rings (SSSR count). The molecule has 7 aliphatic heterocycles. The van der Waals surface area contributed by atoms with Crippen LogP contribution in [0.2, 0.25) is 0 Å². The number of likely N-dealkylation sites (N-methyl/N-ethyl adjacent to an activating group) is 1. The third kappa shape index (κ3) is 4.25. The van der Waals surface area contributed by atoms with Crippen LogP contribution in [0.15, 0.2) is 24.3 Å². The molecule has 0 saturated carbocycles. The summed E-state index contributed by atoms with van der Waals surface area (Å²) in [7, 11) is 3.68. The lowest BCUT2D eigenvalue weighted by atomic mass is 9.71. The summed E-state index contributed by atoms with van der Waals surface area (Å²) in [6.45, 7) is 9.03. The van der Waals surface area contributed by atoms with E-state index in [0.717, 1.165) is 67.5 Å². The average molecular weight is 734 g/mol. The Labute approximate surface area is 312 Å². The number of hydrogen-bond acceptors (Lipinski definition) is 11. The number of piperazine rings is 1. The molecule has 2 saturated heterocycles. The third-order valence-corrected chi connectivity index (χ3v) is 14.6. The molecule has 4 aromatic rings. The van der Waals surface area contributed by atoms with Crippen LogP contribution in [0.25, 0.3) is 10.9 Å². The number of ether oxygens (including phenoxy) is 4. The van der Waals surface area contributed by atoms with Gasteiger partial charge in [-0.25, -0.2) is 4.79 Å². The normalized spacial score (nSPS) is 29.9. The number of phenols is 1. The highest BCUT2D eigenvalue weighted by Gasteiger charge is 2.61. The van der Waals surface area contributed by atoms with E-state index in [1.807, 2.05) is 6.92 Å². The number of aromatic nitrogens is 1. The van der Waals surface area contributed by atoms with Crippen molar-refractivity contribution in [3.63, 3.8) is 0 Å². The van der Waals surface area contributed by atoms with Crippen molar-refractivity contribution < 1.29 is 28.8 Å². The van der Waals surface area contributed by atoms with Gasteiger partial charge in [0.15, 0.2) is 28.5 Å². The van der Waals surface area contributed by atoms with Crippen molar-refractivity contribution in [2.45, 2.75) is 81.5 Å². The van der Waals surface area contributed by atoms with Gasteiger partial charge >= 0.3 is 5.97 Å². The molecule has 0 amide bonds. The zero-order valence-corrected chi connectivity index (χ0v) is 31.6. The minimum absolute atomic E-state index is 0.0213. The highest BCUT2D eigenvalue weighted by molar-refractivity contribution is 7.99. The number of nitrogens with zero attached hydrogens (tertiary/aromatic N) is 3. The maximum Gasteiger partial charge on any atom is 0.333 e. The molecule has 274 valence electrons. The van der Waals surface area contributed by atoms with Crippen molar-refractivity contribution >= 4 is 28.6 Å². The van der Waals surface area contributed by atoms with Gasteiger partial charge in [-0.2, -0.15) is 5.26 Å². The molecule has 1 spiro atoms. The molecule has 0 aliphatic carbocycles. The number of thioether (sulfide) groups is 1. The molecule has 1 aromatic heterocycles. The van der Waals surface area contributed by atoms with E-state index >= 15 is 0 Å². The van der Waals surface area contributed by atoms with Gasteiger partial charge in [0.25, 0.3) is 0 Å². The first kappa shape index (κ1) is 33.2. The first-order valence-corrected chi connectivity index (χ1v) is 19.5. The number of rotatable bonds is 1. The minimum Gasteiger partial charge on any atom is -0.504 e. The number of hydrogen-bond donors (Lipinski definition) is 3. The SMILES string of the molecule is COc1c(C)cc2c(c1O)[C@H]1[C@@H]3[C@@H]4SC[C@]5(NCCc6c5[nH]c5ccc(C)cc65)C(=O)OC[C@@H](c5c6c(c(C)c(C)c54)OCO6)N3[C@@H](C#N)[C@H](C2)N1C. The lowest BCUT2D eigenvalue weighted by Gasteiger charge is -2.62. The van der Waals surface area contributed by atoms with Crippen molar-refractivity contribution in [3.8, 4) is 29.1 Å². The van der Waals surface area contributed by atoms with E-state index < -0.39 is 17.6 Å². The molecule has 11 nitrogen and oxygen atoms in total. The van der Waals surface area contributed by atoms with Gasteiger partial charge in [-0.3, -0.25) is 15.1 Å². The Morgan fingerprint density at radius 1 is 1.08 bits per heavy atom. The second-order valence-electron chi connectivity index (χ2n) is 15.6. The highest BCUT2D eigenvalue weighted by atomic mass is 32.2. The Bertz CT molecular complexity index is 2320. The maximum absolute atomic E-state index is 14.8. The predicted octanol–water partition coefficient (Wildman–Crippen LogP) is 5.45. The zero-order chi connectivity index (χ0) is 36.7. The number of methoxy groups -OCH3 is 1. The number of carbonyl (C=O) groups excluding carboxylic acids is 1. The second kappa shape index (κ2) is 11.5. The number of aromatic amines is 1. The molecule has 2 fully saturated rings. The van der Waals surface area contributed by atoms with Crippen molar-refractivity contribution in [2.75, 3.05) is 39.9 Å². The van der Waals surface area contributed by atoms with Gasteiger partial charge in [0.05, 0.1) is 31.0 Å². The van der Waals surface area contributed by atoms with E-state index in [4.69, 9.17) is 18.9 Å². The monoisotopic (exact) mass is 733 g/mol. The molecule has 4 bridgehead atoms. The summed E-state index contributed by atoms with van der Waals surface area (Å²) in [6.07, 6.45) is 1.38. The van der Waals surface area contributed by atoms with Gasteiger partial charge in [0, 0.05) is 51.7 Å². The van der Waals surface area contributed by atoms with Crippen LogP contribution in [0, 0.1) is 39.0 Å². The van der Waals surface area contributed by atoms with Crippen molar-refractivity contribution in [2.24, 2.45) is 0 Å². The van der Waals surface area contributed by atoms with Crippen LogP contribution in [0.5, 0.6) is 23.0 Å². The predicted molar refractivity (Wildman–Crippen MR) is 200 cm³/mol. The number of carbonyl (C=O) groups is 1. The smallest absolute Gasteiger partial charge is 0.333 e. The highest BCUT2D eigenvalue weighted by Crippen LogP contribution is 2.63. The first-order chi connectivity index (χ1) is 25.6. The largest absolute Gasteiger partial charge is 0.504 e. The van der Waals surface area contributed by atoms with Crippen molar-refractivity contribution in [1.82, 2.24) is 20.1 Å². The van der Waals surface area contributed by atoms with E-state index in [9.17, 15) is 15.2 Å². The van der Waals surface area contributed by atoms with E-state index in [0.29, 0.717) is 36.0 Å². The second-order valence-corrected chi connectivity index (χ2v) is 16.8. The molecule has 0 unspecified atom stereocenters. The number of esters is 1.